The van der Waals surface area contributed by atoms with Gasteiger partial charge < -0.3 is 9.64 Å². The van der Waals surface area contributed by atoms with Crippen LogP contribution in [0.5, 0.6) is 0 Å². The third kappa shape index (κ3) is 3.21. The molecule has 2 heterocycles. The maximum Gasteiger partial charge on any atom is 0.434 e. The fraction of sp³-hybridized carbons (Fsp3) is 0.412. The van der Waals surface area contributed by atoms with E-state index in [1.807, 2.05) is 0 Å². The van der Waals surface area contributed by atoms with Crippen LogP contribution in [0.2, 0.25) is 0 Å². The Kier molecular flexibility index (Phi) is 3.99. The minimum atomic E-state index is -4.70. The molecular formula is C17H17F3N2O2. The summed E-state index contributed by atoms with van der Waals surface area (Å²) in [6.07, 6.45) is -4.70. The molecule has 1 aliphatic rings. The van der Waals surface area contributed by atoms with Crippen molar-refractivity contribution in [2.24, 2.45) is 0 Å². The van der Waals surface area contributed by atoms with Crippen molar-refractivity contribution < 1.29 is 22.7 Å². The molecular weight excluding hydrogens is 321 g/mol. The molecule has 1 aromatic heterocycles. The van der Waals surface area contributed by atoms with E-state index in [4.69, 9.17) is 4.74 Å². The number of nitrogens with zero attached hydrogens (tertiary/aromatic N) is 2. The molecule has 24 heavy (non-hydrogen) atoms. The fourth-order valence-electron chi connectivity index (χ4n) is 2.86. The third-order valence-electron chi connectivity index (χ3n) is 3.94. The number of hydrogen-bond acceptors (Lipinski definition) is 3. The summed E-state index contributed by atoms with van der Waals surface area (Å²) in [5.41, 5.74) is -1.94. The first-order chi connectivity index (χ1) is 11.2. The number of ether oxygens (including phenoxy) is 1. The Hall–Kier alpha value is -2.15. The summed E-state index contributed by atoms with van der Waals surface area (Å²) in [7, 11) is 0. The number of fused-ring (bicyclic) bond motifs is 1. The fourth-order valence-corrected chi connectivity index (χ4v) is 2.86. The van der Waals surface area contributed by atoms with Crippen LogP contribution < -0.4 is 0 Å². The molecule has 1 fully saturated rings. The van der Waals surface area contributed by atoms with Crippen LogP contribution >= 0.6 is 0 Å². The number of pyridine rings is 1. The molecule has 128 valence electrons. The van der Waals surface area contributed by atoms with Gasteiger partial charge in [-0.3, -0.25) is 4.79 Å². The first-order valence-electron chi connectivity index (χ1n) is 7.58. The summed E-state index contributed by atoms with van der Waals surface area (Å²) in [5.74, 6) is -0.669. The lowest BCUT2D eigenvalue weighted by molar-refractivity contribution is -0.141. The monoisotopic (exact) mass is 338 g/mol. The van der Waals surface area contributed by atoms with Crippen molar-refractivity contribution in [2.45, 2.75) is 25.6 Å². The van der Waals surface area contributed by atoms with Crippen molar-refractivity contribution in [3.8, 4) is 0 Å². The molecule has 0 aliphatic carbocycles. The standard InChI is InChI=1S/C17H17F3N2O2/c1-16(2)10-22(7-8-24-16)15(23)12-9-11-5-3-4-6-13(11)21-14(12)17(18,19)20/h3-6,9H,7-8,10H2,1-2H3. The minimum absolute atomic E-state index is 0.212. The zero-order valence-corrected chi connectivity index (χ0v) is 13.4. The van der Waals surface area contributed by atoms with Crippen LogP contribution in [0.4, 0.5) is 13.2 Å². The predicted molar refractivity (Wildman–Crippen MR) is 82.7 cm³/mol. The molecule has 1 amide bonds. The second kappa shape index (κ2) is 5.73. The largest absolute Gasteiger partial charge is 0.434 e. The number of amides is 1. The third-order valence-corrected chi connectivity index (χ3v) is 3.94. The van der Waals surface area contributed by atoms with E-state index in [1.54, 1.807) is 32.0 Å². The highest BCUT2D eigenvalue weighted by atomic mass is 19.4. The maximum atomic E-state index is 13.4. The second-order valence-corrected chi connectivity index (χ2v) is 6.41. The quantitative estimate of drug-likeness (QED) is 0.799. The van der Waals surface area contributed by atoms with Crippen LogP contribution in [-0.2, 0) is 10.9 Å². The van der Waals surface area contributed by atoms with Crippen molar-refractivity contribution in [3.05, 3.63) is 41.6 Å². The van der Waals surface area contributed by atoms with Gasteiger partial charge in [0.2, 0.25) is 0 Å². The summed E-state index contributed by atoms with van der Waals surface area (Å²) in [6, 6.07) is 7.72. The van der Waals surface area contributed by atoms with E-state index < -0.39 is 28.9 Å². The molecule has 0 radical (unpaired) electrons. The van der Waals surface area contributed by atoms with Crippen molar-refractivity contribution in [3.63, 3.8) is 0 Å². The van der Waals surface area contributed by atoms with Gasteiger partial charge in [0.15, 0.2) is 5.69 Å². The van der Waals surface area contributed by atoms with E-state index in [1.165, 1.54) is 17.0 Å². The highest BCUT2D eigenvalue weighted by molar-refractivity contribution is 5.99. The van der Waals surface area contributed by atoms with Crippen LogP contribution in [0.15, 0.2) is 30.3 Å². The van der Waals surface area contributed by atoms with Gasteiger partial charge >= 0.3 is 6.18 Å². The Morgan fingerprint density at radius 1 is 1.29 bits per heavy atom. The first-order valence-corrected chi connectivity index (χ1v) is 7.58. The SMILES string of the molecule is CC1(C)CN(C(=O)c2cc3ccccc3nc2C(F)(F)F)CCO1. The Morgan fingerprint density at radius 2 is 2.00 bits per heavy atom. The summed E-state index contributed by atoms with van der Waals surface area (Å²) < 4.78 is 45.7. The van der Waals surface area contributed by atoms with E-state index in [9.17, 15) is 18.0 Å². The zero-order valence-electron chi connectivity index (χ0n) is 13.4. The number of alkyl halides is 3. The Balaban J connectivity index is 2.08. The number of halogens is 3. The molecule has 0 unspecified atom stereocenters. The number of hydrogen-bond donors (Lipinski definition) is 0. The normalized spacial score (nSPS) is 18.0. The molecule has 1 aromatic carbocycles. The lowest BCUT2D eigenvalue weighted by Gasteiger charge is -2.38. The smallest absolute Gasteiger partial charge is 0.372 e. The average molecular weight is 338 g/mol. The van der Waals surface area contributed by atoms with Crippen molar-refractivity contribution >= 4 is 16.8 Å². The molecule has 1 aliphatic heterocycles. The van der Waals surface area contributed by atoms with Gasteiger partial charge in [0.25, 0.3) is 5.91 Å². The molecule has 0 spiro atoms. The maximum absolute atomic E-state index is 13.4. The van der Waals surface area contributed by atoms with Crippen LogP contribution in [0, 0.1) is 0 Å². The highest BCUT2D eigenvalue weighted by Gasteiger charge is 2.40. The summed E-state index contributed by atoms with van der Waals surface area (Å²) in [6.45, 7) is 4.38. The van der Waals surface area contributed by atoms with E-state index in [0.29, 0.717) is 12.0 Å². The average Bonchev–Trinajstić information content (AvgIpc) is 2.51. The molecule has 2 aromatic rings. The van der Waals surface area contributed by atoms with Gasteiger partial charge in [-0.25, -0.2) is 4.98 Å². The van der Waals surface area contributed by atoms with Gasteiger partial charge in [-0.05, 0) is 26.0 Å². The predicted octanol–water partition coefficient (Wildman–Crippen LogP) is 3.50. The Bertz CT molecular complexity index is 787. The molecule has 0 N–H and O–H groups in total. The molecule has 0 saturated carbocycles. The molecule has 7 heteroatoms. The van der Waals surface area contributed by atoms with Gasteiger partial charge in [0, 0.05) is 18.5 Å². The topological polar surface area (TPSA) is 42.4 Å². The van der Waals surface area contributed by atoms with E-state index in [-0.39, 0.29) is 18.6 Å². The van der Waals surface area contributed by atoms with Crippen molar-refractivity contribution in [2.75, 3.05) is 19.7 Å². The van der Waals surface area contributed by atoms with Crippen LogP contribution in [0.25, 0.3) is 10.9 Å². The van der Waals surface area contributed by atoms with Gasteiger partial charge in [-0.1, -0.05) is 18.2 Å². The number of carbonyl (C=O) groups excluding carboxylic acids is 1. The number of benzene rings is 1. The van der Waals surface area contributed by atoms with E-state index in [0.717, 1.165) is 0 Å². The number of para-hydroxylation sites is 1. The van der Waals surface area contributed by atoms with Crippen molar-refractivity contribution in [1.82, 2.24) is 9.88 Å². The second-order valence-electron chi connectivity index (χ2n) is 6.41. The van der Waals surface area contributed by atoms with Crippen LogP contribution in [0.1, 0.15) is 29.9 Å². The van der Waals surface area contributed by atoms with Crippen LogP contribution in [-0.4, -0.2) is 41.1 Å². The van der Waals surface area contributed by atoms with Gasteiger partial charge in [0.05, 0.1) is 23.3 Å². The minimum Gasteiger partial charge on any atom is -0.372 e. The highest BCUT2D eigenvalue weighted by Crippen LogP contribution is 2.33. The summed E-state index contributed by atoms with van der Waals surface area (Å²) in [4.78, 5) is 17.8. The van der Waals surface area contributed by atoms with E-state index >= 15 is 0 Å². The summed E-state index contributed by atoms with van der Waals surface area (Å²) in [5, 5.41) is 0.501. The van der Waals surface area contributed by atoms with Gasteiger partial charge in [-0.15, -0.1) is 0 Å². The molecule has 0 bridgehead atoms. The van der Waals surface area contributed by atoms with E-state index in [2.05, 4.69) is 4.98 Å². The van der Waals surface area contributed by atoms with Crippen LogP contribution in [0.3, 0.4) is 0 Å². The first kappa shape index (κ1) is 16.7. The lowest BCUT2D eigenvalue weighted by atomic mass is 10.0. The summed E-state index contributed by atoms with van der Waals surface area (Å²) >= 11 is 0. The number of aromatic nitrogens is 1. The number of morpholine rings is 1. The lowest BCUT2D eigenvalue weighted by Crippen LogP contribution is -2.50. The van der Waals surface area contributed by atoms with Gasteiger partial charge in [-0.2, -0.15) is 13.2 Å². The van der Waals surface area contributed by atoms with Gasteiger partial charge in [0.1, 0.15) is 0 Å². The molecule has 4 nitrogen and oxygen atoms in total. The molecule has 3 rings (SSSR count). The Morgan fingerprint density at radius 3 is 2.67 bits per heavy atom. The molecule has 0 atom stereocenters. The number of carbonyl (C=O) groups is 1. The Labute approximate surface area is 137 Å². The van der Waals surface area contributed by atoms with Crippen molar-refractivity contribution in [1.29, 1.82) is 0 Å². The zero-order chi connectivity index (χ0) is 17.5. The molecule has 1 saturated heterocycles. The number of rotatable bonds is 1.